The van der Waals surface area contributed by atoms with E-state index in [1.165, 1.54) is 0 Å². The number of nitrogens with two attached hydrogens (primary N) is 1. The van der Waals surface area contributed by atoms with Crippen molar-refractivity contribution in [2.45, 2.75) is 91.6 Å². The molecule has 8 amide bonds. The van der Waals surface area contributed by atoms with Crippen LogP contribution in [0.15, 0.2) is 36.4 Å². The van der Waals surface area contributed by atoms with Crippen molar-refractivity contribution >= 4 is 54.9 Å². The third-order valence-corrected chi connectivity index (χ3v) is 10.1. The second kappa shape index (κ2) is 22.0. The number of aliphatic hydroxyl groups is 1. The lowest BCUT2D eigenvalue weighted by molar-refractivity contribution is -0.146. The third kappa shape index (κ3) is 15.4. The Balaban J connectivity index is 2.44. The fraction of sp³-hybridized carbons (Fsp3) is 0.583. The van der Waals surface area contributed by atoms with Crippen molar-refractivity contribution < 1.29 is 57.0 Å². The summed E-state index contributed by atoms with van der Waals surface area (Å²) in [6.45, 7) is 10.3. The number of anilines is 1. The van der Waals surface area contributed by atoms with Gasteiger partial charge >= 0.3 is 19.7 Å². The molecule has 0 fully saturated rings. The van der Waals surface area contributed by atoms with Gasteiger partial charge in [0.15, 0.2) is 0 Å². The van der Waals surface area contributed by atoms with Crippen molar-refractivity contribution in [1.29, 1.82) is 0 Å². The SMILES string of the molecule is CCOP(=O)(CCN(CC(C(=O)N[C@H](C(=O)N[C@@H](CCCNC(N)=O)C(=O)Nc1ccc(CO)cc1)C(C)C)N1C(=O)C=CC1=O)C(=O)OC(C)(C)C)OCC. The molecule has 3 atom stereocenters. The molecule has 312 valence electrons. The van der Waals surface area contributed by atoms with E-state index in [2.05, 4.69) is 21.3 Å². The summed E-state index contributed by atoms with van der Waals surface area (Å²) >= 11 is 0. The summed E-state index contributed by atoms with van der Waals surface area (Å²) in [5, 5.41) is 19.7. The number of amides is 8. The zero-order chi connectivity index (χ0) is 42.2. The van der Waals surface area contributed by atoms with E-state index in [0.717, 1.165) is 17.1 Å². The van der Waals surface area contributed by atoms with Gasteiger partial charge in [0.05, 0.1) is 32.5 Å². The summed E-state index contributed by atoms with van der Waals surface area (Å²) < 4.78 is 29.6. The number of nitrogens with zero attached hydrogens (tertiary/aromatic N) is 2. The lowest BCUT2D eigenvalue weighted by Crippen LogP contribution is -2.61. The number of aliphatic hydroxyl groups excluding tert-OH is 1. The number of ether oxygens (including phenoxy) is 1. The highest BCUT2D eigenvalue weighted by atomic mass is 31.2. The highest BCUT2D eigenvalue weighted by Crippen LogP contribution is 2.47. The normalized spacial score (nSPS) is 14.6. The summed E-state index contributed by atoms with van der Waals surface area (Å²) in [7, 11) is -3.73. The molecule has 0 aromatic heterocycles. The van der Waals surface area contributed by atoms with Crippen molar-refractivity contribution in [2.24, 2.45) is 11.7 Å². The Morgan fingerprint density at radius 2 is 1.52 bits per heavy atom. The molecular formula is C36H56N7O12P. The van der Waals surface area contributed by atoms with Crippen molar-refractivity contribution in [1.82, 2.24) is 25.8 Å². The number of rotatable bonds is 22. The molecule has 7 N–H and O–H groups in total. The van der Waals surface area contributed by atoms with Gasteiger partial charge in [-0.15, -0.1) is 0 Å². The molecule has 2 rings (SSSR count). The molecule has 0 aliphatic carbocycles. The zero-order valence-corrected chi connectivity index (χ0v) is 33.9. The van der Waals surface area contributed by atoms with Gasteiger partial charge in [-0.05, 0) is 71.1 Å². The van der Waals surface area contributed by atoms with E-state index in [-0.39, 0.29) is 51.9 Å². The summed E-state index contributed by atoms with van der Waals surface area (Å²) in [5.41, 5.74) is 5.13. The molecule has 1 heterocycles. The van der Waals surface area contributed by atoms with Gasteiger partial charge in [-0.1, -0.05) is 26.0 Å². The van der Waals surface area contributed by atoms with Gasteiger partial charge in [0.2, 0.25) is 17.7 Å². The smallest absolute Gasteiger partial charge is 0.410 e. The number of hydrogen-bond donors (Lipinski definition) is 6. The van der Waals surface area contributed by atoms with E-state index in [0.29, 0.717) is 16.2 Å². The van der Waals surface area contributed by atoms with Crippen LogP contribution in [0.1, 0.15) is 66.9 Å². The number of primary amides is 1. The summed E-state index contributed by atoms with van der Waals surface area (Å²) in [6, 6.07) is 1.35. The van der Waals surface area contributed by atoms with Crippen LogP contribution in [0.25, 0.3) is 0 Å². The first-order chi connectivity index (χ1) is 26.2. The van der Waals surface area contributed by atoms with E-state index in [4.69, 9.17) is 19.5 Å². The van der Waals surface area contributed by atoms with Gasteiger partial charge in [-0.3, -0.25) is 33.4 Å². The standard InChI is InChI=1S/C36H56N7O12P/c1-8-53-56(52,54-9-2)20-19-42(35(51)55-36(5,6)7)21-27(43-28(45)16-17-29(43)46)32(48)41-30(23(3)4)33(49)40-26(11-10-18-38-34(37)50)31(47)39-25-14-12-24(22-44)13-15-25/h12-17,23,26-27,30,44H,8-11,18-22H2,1-7H3,(H,39,47)(H,40,49)(H,41,48)(H3,37,38,50)/t26-,27?,30-/m0/s1. The summed E-state index contributed by atoms with van der Waals surface area (Å²) in [5.74, 6) is -4.73. The summed E-state index contributed by atoms with van der Waals surface area (Å²) in [4.78, 5) is 93.8. The Bertz CT molecular complexity index is 1600. The van der Waals surface area contributed by atoms with Gasteiger partial charge in [0, 0.05) is 30.9 Å². The Hall–Kier alpha value is -4.84. The average molecular weight is 810 g/mol. The Labute approximate surface area is 326 Å². The monoisotopic (exact) mass is 809 g/mol. The minimum Gasteiger partial charge on any atom is -0.444 e. The van der Waals surface area contributed by atoms with Gasteiger partial charge in [0.1, 0.15) is 23.7 Å². The number of imide groups is 1. The number of urea groups is 1. The zero-order valence-electron chi connectivity index (χ0n) is 33.0. The second-order valence-corrected chi connectivity index (χ2v) is 16.2. The number of hydrogen-bond acceptors (Lipinski definition) is 12. The molecule has 1 unspecified atom stereocenters. The van der Waals surface area contributed by atoms with Crippen LogP contribution in [0.5, 0.6) is 0 Å². The molecule has 0 bridgehead atoms. The molecule has 0 saturated carbocycles. The Kier molecular flexibility index (Phi) is 18.6. The lowest BCUT2D eigenvalue weighted by Gasteiger charge is -2.34. The first kappa shape index (κ1) is 47.3. The van der Waals surface area contributed by atoms with E-state index >= 15 is 0 Å². The molecule has 1 aliphatic rings. The van der Waals surface area contributed by atoms with Crippen LogP contribution in [0.3, 0.4) is 0 Å². The fourth-order valence-corrected chi connectivity index (χ4v) is 6.96. The van der Waals surface area contributed by atoms with Crippen LogP contribution < -0.4 is 27.0 Å². The Morgan fingerprint density at radius 3 is 2.02 bits per heavy atom. The first-order valence-corrected chi connectivity index (χ1v) is 20.0. The minimum absolute atomic E-state index is 0.0363. The highest BCUT2D eigenvalue weighted by molar-refractivity contribution is 7.53. The molecule has 1 aromatic rings. The molecule has 0 saturated heterocycles. The van der Waals surface area contributed by atoms with E-state index in [9.17, 15) is 43.2 Å². The number of nitrogens with one attached hydrogen (secondary N) is 4. The minimum atomic E-state index is -3.73. The number of benzene rings is 1. The molecule has 20 heteroatoms. The van der Waals surface area contributed by atoms with E-state index in [1.807, 2.05) is 0 Å². The van der Waals surface area contributed by atoms with Crippen molar-refractivity contribution in [3.05, 3.63) is 42.0 Å². The molecule has 19 nitrogen and oxygen atoms in total. The van der Waals surface area contributed by atoms with Crippen LogP contribution >= 0.6 is 7.60 Å². The van der Waals surface area contributed by atoms with Crippen molar-refractivity contribution in [3.63, 3.8) is 0 Å². The van der Waals surface area contributed by atoms with Crippen LogP contribution in [-0.4, -0.2) is 119 Å². The predicted octanol–water partition coefficient (Wildman–Crippen LogP) is 1.99. The predicted molar refractivity (Wildman–Crippen MR) is 205 cm³/mol. The molecule has 0 spiro atoms. The van der Waals surface area contributed by atoms with E-state index in [1.54, 1.807) is 72.7 Å². The summed E-state index contributed by atoms with van der Waals surface area (Å²) in [6.07, 6.45) is 0.902. The van der Waals surface area contributed by atoms with Gasteiger partial charge in [-0.25, -0.2) is 9.59 Å². The van der Waals surface area contributed by atoms with Gasteiger partial charge < -0.3 is 50.8 Å². The largest absolute Gasteiger partial charge is 0.444 e. The molecular weight excluding hydrogens is 753 g/mol. The van der Waals surface area contributed by atoms with Crippen molar-refractivity contribution in [2.75, 3.05) is 44.3 Å². The average Bonchev–Trinajstić information content (AvgIpc) is 3.44. The van der Waals surface area contributed by atoms with Crippen LogP contribution in [0.2, 0.25) is 0 Å². The fourth-order valence-electron chi connectivity index (χ4n) is 5.35. The highest BCUT2D eigenvalue weighted by Gasteiger charge is 2.41. The molecule has 56 heavy (non-hydrogen) atoms. The quantitative estimate of drug-likeness (QED) is 0.0558. The lowest BCUT2D eigenvalue weighted by atomic mass is 10.0. The molecule has 0 radical (unpaired) electrons. The maximum atomic E-state index is 14.2. The second-order valence-electron chi connectivity index (χ2n) is 14.1. The number of carbonyl (C=O) groups is 7. The van der Waals surface area contributed by atoms with Crippen molar-refractivity contribution in [3.8, 4) is 0 Å². The molecule has 1 aromatic carbocycles. The van der Waals surface area contributed by atoms with Gasteiger partial charge in [0.25, 0.3) is 11.8 Å². The topological polar surface area (TPSA) is 265 Å². The van der Waals surface area contributed by atoms with E-state index < -0.39 is 85.4 Å². The maximum absolute atomic E-state index is 14.2. The molecule has 1 aliphatic heterocycles. The maximum Gasteiger partial charge on any atom is 0.410 e. The van der Waals surface area contributed by atoms with Crippen LogP contribution in [0, 0.1) is 5.92 Å². The number of carbonyl (C=O) groups excluding carboxylic acids is 7. The van der Waals surface area contributed by atoms with Crippen LogP contribution in [0.4, 0.5) is 15.3 Å². The van der Waals surface area contributed by atoms with Crippen LogP contribution in [-0.2, 0) is 48.9 Å². The Morgan fingerprint density at radius 1 is 0.929 bits per heavy atom. The van der Waals surface area contributed by atoms with Gasteiger partial charge in [-0.2, -0.15) is 0 Å². The third-order valence-electron chi connectivity index (χ3n) is 8.05. The first-order valence-electron chi connectivity index (χ1n) is 18.3.